The van der Waals surface area contributed by atoms with Gasteiger partial charge in [0.25, 0.3) is 0 Å². The molecule has 0 saturated heterocycles. The molecule has 0 aromatic heterocycles. The van der Waals surface area contributed by atoms with Crippen molar-refractivity contribution in [1.29, 1.82) is 0 Å². The van der Waals surface area contributed by atoms with Gasteiger partial charge in [0.2, 0.25) is 5.91 Å². The fraction of sp³-hybridized carbons (Fsp3) is 0.400. The highest BCUT2D eigenvalue weighted by atomic mass is 16.5. The first kappa shape index (κ1) is 21.7. The SMILES string of the molecule is CC(C=CCCCCOc1cccc2ccccc12)=CC(=O)NC(C)C(C)C. The number of hydrogen-bond acceptors (Lipinski definition) is 2. The van der Waals surface area contributed by atoms with Gasteiger partial charge < -0.3 is 10.1 Å². The van der Waals surface area contributed by atoms with Crippen LogP contribution in [0.25, 0.3) is 10.8 Å². The van der Waals surface area contributed by atoms with E-state index in [1.165, 1.54) is 5.39 Å². The van der Waals surface area contributed by atoms with E-state index in [2.05, 4.69) is 43.4 Å². The molecular weight excluding hydrogens is 346 g/mol. The highest BCUT2D eigenvalue weighted by Gasteiger charge is 2.08. The molecule has 0 saturated carbocycles. The van der Waals surface area contributed by atoms with Crippen LogP contribution in [-0.4, -0.2) is 18.6 Å². The molecule has 3 nitrogen and oxygen atoms in total. The Balaban J connectivity index is 1.68. The lowest BCUT2D eigenvalue weighted by molar-refractivity contribution is -0.117. The maximum absolute atomic E-state index is 11.9. The van der Waals surface area contributed by atoms with E-state index >= 15 is 0 Å². The molecule has 2 rings (SSSR count). The number of carbonyl (C=O) groups excluding carboxylic acids is 1. The molecule has 28 heavy (non-hydrogen) atoms. The van der Waals surface area contributed by atoms with Crippen molar-refractivity contribution in [2.24, 2.45) is 5.92 Å². The Morgan fingerprint density at radius 2 is 1.82 bits per heavy atom. The van der Waals surface area contributed by atoms with Crippen LogP contribution in [0.1, 0.15) is 47.0 Å². The molecule has 0 radical (unpaired) electrons. The molecule has 0 aliphatic carbocycles. The molecule has 1 atom stereocenters. The zero-order valence-electron chi connectivity index (χ0n) is 17.6. The van der Waals surface area contributed by atoms with E-state index in [1.54, 1.807) is 6.08 Å². The largest absolute Gasteiger partial charge is 0.493 e. The first-order valence-electron chi connectivity index (χ1n) is 10.2. The van der Waals surface area contributed by atoms with Gasteiger partial charge in [0.15, 0.2) is 0 Å². The average molecular weight is 380 g/mol. The van der Waals surface area contributed by atoms with E-state index in [0.29, 0.717) is 12.5 Å². The predicted molar refractivity (Wildman–Crippen MR) is 119 cm³/mol. The topological polar surface area (TPSA) is 38.3 Å². The van der Waals surface area contributed by atoms with Crippen LogP contribution in [0.3, 0.4) is 0 Å². The van der Waals surface area contributed by atoms with Crippen molar-refractivity contribution in [2.45, 2.75) is 53.0 Å². The Bertz CT molecular complexity index is 815. The molecule has 3 heteroatoms. The summed E-state index contributed by atoms with van der Waals surface area (Å²) in [7, 11) is 0. The van der Waals surface area contributed by atoms with Crippen LogP contribution in [0, 0.1) is 5.92 Å². The summed E-state index contributed by atoms with van der Waals surface area (Å²) in [6.45, 7) is 8.91. The van der Waals surface area contributed by atoms with Gasteiger partial charge in [-0.15, -0.1) is 0 Å². The van der Waals surface area contributed by atoms with Gasteiger partial charge in [0, 0.05) is 17.5 Å². The number of rotatable bonds is 10. The summed E-state index contributed by atoms with van der Waals surface area (Å²) in [5.41, 5.74) is 0.973. The van der Waals surface area contributed by atoms with Crippen LogP contribution in [0.5, 0.6) is 5.75 Å². The van der Waals surface area contributed by atoms with Crippen LogP contribution in [0.2, 0.25) is 0 Å². The monoisotopic (exact) mass is 379 g/mol. The van der Waals surface area contributed by atoms with Gasteiger partial charge in [0.1, 0.15) is 5.75 Å². The summed E-state index contributed by atoms with van der Waals surface area (Å²) in [5.74, 6) is 1.37. The third-order valence-corrected chi connectivity index (χ3v) is 4.88. The number of hydrogen-bond donors (Lipinski definition) is 1. The molecule has 150 valence electrons. The summed E-state index contributed by atoms with van der Waals surface area (Å²) in [6.07, 6.45) is 8.86. The van der Waals surface area contributed by atoms with Gasteiger partial charge in [-0.05, 0) is 56.1 Å². The molecule has 1 N–H and O–H groups in total. The van der Waals surface area contributed by atoms with Crippen molar-refractivity contribution in [3.63, 3.8) is 0 Å². The molecule has 0 spiro atoms. The van der Waals surface area contributed by atoms with Gasteiger partial charge in [0.05, 0.1) is 6.61 Å². The van der Waals surface area contributed by atoms with E-state index in [-0.39, 0.29) is 11.9 Å². The maximum atomic E-state index is 11.9. The quantitative estimate of drug-likeness (QED) is 0.310. The van der Waals surface area contributed by atoms with Gasteiger partial charge in [-0.1, -0.05) is 62.4 Å². The summed E-state index contributed by atoms with van der Waals surface area (Å²) in [4.78, 5) is 11.9. The molecule has 0 aliphatic heterocycles. The lowest BCUT2D eigenvalue weighted by atomic mass is 10.1. The van der Waals surface area contributed by atoms with E-state index in [1.807, 2.05) is 44.2 Å². The van der Waals surface area contributed by atoms with Crippen LogP contribution in [0.4, 0.5) is 0 Å². The Kier molecular flexibility index (Phi) is 8.80. The normalized spacial score (nSPS) is 13.2. The standard InChI is InChI=1S/C25H33NO2/c1-19(2)21(4)26-25(27)18-20(3)12-7-5-6-10-17-28-24-16-11-14-22-13-8-9-15-23(22)24/h7-9,11-16,18-19,21H,5-6,10,17H2,1-4H3,(H,26,27). The minimum atomic E-state index is -0.0214. The number of ether oxygens (including phenoxy) is 1. The second-order valence-corrected chi connectivity index (χ2v) is 7.65. The number of unbranched alkanes of at least 4 members (excludes halogenated alkanes) is 2. The number of nitrogens with one attached hydrogen (secondary N) is 1. The lowest BCUT2D eigenvalue weighted by Crippen LogP contribution is -2.35. The van der Waals surface area contributed by atoms with E-state index in [4.69, 9.17) is 4.74 Å². The highest BCUT2D eigenvalue weighted by molar-refractivity contribution is 5.89. The Hall–Kier alpha value is -2.55. The molecule has 0 bridgehead atoms. The molecule has 0 fully saturated rings. The molecule has 1 unspecified atom stereocenters. The Labute approximate surface area is 169 Å². The van der Waals surface area contributed by atoms with E-state index < -0.39 is 0 Å². The molecule has 2 aromatic carbocycles. The maximum Gasteiger partial charge on any atom is 0.244 e. The Morgan fingerprint density at radius 3 is 2.61 bits per heavy atom. The van der Waals surface area contributed by atoms with Crippen LogP contribution < -0.4 is 10.1 Å². The van der Waals surface area contributed by atoms with Gasteiger partial charge in [-0.3, -0.25) is 4.79 Å². The smallest absolute Gasteiger partial charge is 0.244 e. The summed E-state index contributed by atoms with van der Waals surface area (Å²) in [5, 5.41) is 5.36. The highest BCUT2D eigenvalue weighted by Crippen LogP contribution is 2.25. The minimum absolute atomic E-state index is 0.0214. The number of fused-ring (bicyclic) bond motifs is 1. The van der Waals surface area contributed by atoms with Crippen molar-refractivity contribution < 1.29 is 9.53 Å². The van der Waals surface area contributed by atoms with Crippen LogP contribution in [-0.2, 0) is 4.79 Å². The summed E-state index contributed by atoms with van der Waals surface area (Å²) >= 11 is 0. The van der Waals surface area contributed by atoms with Crippen molar-refractivity contribution in [2.75, 3.05) is 6.61 Å². The van der Waals surface area contributed by atoms with Gasteiger partial charge >= 0.3 is 0 Å². The average Bonchev–Trinajstić information content (AvgIpc) is 2.67. The second kappa shape index (κ2) is 11.3. The fourth-order valence-corrected chi connectivity index (χ4v) is 2.82. The minimum Gasteiger partial charge on any atom is -0.493 e. The molecule has 0 aliphatic rings. The second-order valence-electron chi connectivity index (χ2n) is 7.65. The first-order valence-corrected chi connectivity index (χ1v) is 10.2. The summed E-state index contributed by atoms with van der Waals surface area (Å²) in [6, 6.07) is 14.6. The third-order valence-electron chi connectivity index (χ3n) is 4.88. The Morgan fingerprint density at radius 1 is 1.07 bits per heavy atom. The van der Waals surface area contributed by atoms with E-state index in [0.717, 1.165) is 36.0 Å². The molecule has 1 amide bonds. The number of amides is 1. The van der Waals surface area contributed by atoms with Crippen molar-refractivity contribution in [1.82, 2.24) is 5.32 Å². The lowest BCUT2D eigenvalue weighted by Gasteiger charge is -2.16. The van der Waals surface area contributed by atoms with Crippen molar-refractivity contribution in [3.05, 3.63) is 66.3 Å². The number of carbonyl (C=O) groups is 1. The van der Waals surface area contributed by atoms with Gasteiger partial charge in [-0.2, -0.15) is 0 Å². The first-order chi connectivity index (χ1) is 13.5. The van der Waals surface area contributed by atoms with Gasteiger partial charge in [-0.25, -0.2) is 0 Å². The number of benzene rings is 2. The van der Waals surface area contributed by atoms with E-state index in [9.17, 15) is 4.79 Å². The van der Waals surface area contributed by atoms with Crippen LogP contribution in [0.15, 0.2) is 66.3 Å². The summed E-state index contributed by atoms with van der Waals surface area (Å²) < 4.78 is 5.97. The van der Waals surface area contributed by atoms with Crippen LogP contribution >= 0.6 is 0 Å². The fourth-order valence-electron chi connectivity index (χ4n) is 2.82. The molecular formula is C25H33NO2. The number of allylic oxidation sites excluding steroid dienone is 3. The molecule has 0 heterocycles. The van der Waals surface area contributed by atoms with Crippen molar-refractivity contribution in [3.8, 4) is 5.75 Å². The van der Waals surface area contributed by atoms with Crippen molar-refractivity contribution >= 4 is 16.7 Å². The predicted octanol–water partition coefficient (Wildman–Crippen LogP) is 6.05. The third kappa shape index (κ3) is 7.22. The zero-order valence-corrected chi connectivity index (χ0v) is 17.6. The zero-order chi connectivity index (χ0) is 20.4. The molecule has 2 aromatic rings.